The maximum Gasteiger partial charge on any atom is 0.210 e. The Morgan fingerprint density at radius 1 is 1.26 bits per heavy atom. The highest BCUT2D eigenvalue weighted by Crippen LogP contribution is 2.21. The molecular weight excluding hydrogens is 256 g/mol. The Kier molecular flexibility index (Phi) is 5.10. The molecule has 0 radical (unpaired) electrons. The molecule has 4 nitrogen and oxygen atoms in total. The Hall–Kier alpha value is -1.20. The van der Waals surface area contributed by atoms with E-state index in [1.54, 1.807) is 11.3 Å². The highest BCUT2D eigenvalue weighted by Gasteiger charge is 2.17. The molecule has 0 atom stereocenters. The van der Waals surface area contributed by atoms with Gasteiger partial charge in [-0.1, -0.05) is 20.8 Å². The summed E-state index contributed by atoms with van der Waals surface area (Å²) in [5, 5.41) is 11.1. The Morgan fingerprint density at radius 3 is 2.68 bits per heavy atom. The lowest BCUT2D eigenvalue weighted by Gasteiger charge is -2.06. The van der Waals surface area contributed by atoms with Crippen LogP contribution in [0.25, 0.3) is 5.13 Å². The summed E-state index contributed by atoms with van der Waals surface area (Å²) in [6.07, 6.45) is 4.86. The third kappa shape index (κ3) is 3.04. The van der Waals surface area contributed by atoms with Gasteiger partial charge in [0.05, 0.1) is 11.4 Å². The van der Waals surface area contributed by atoms with E-state index >= 15 is 0 Å². The number of likely N-dealkylation sites (N-methyl/N-ethyl adjacent to an activating group) is 1. The van der Waals surface area contributed by atoms with E-state index < -0.39 is 0 Å². The van der Waals surface area contributed by atoms with E-state index in [0.29, 0.717) is 0 Å². The zero-order chi connectivity index (χ0) is 13.7. The van der Waals surface area contributed by atoms with Crippen LogP contribution < -0.4 is 5.32 Å². The minimum absolute atomic E-state index is 0.973. The molecule has 0 fully saturated rings. The summed E-state index contributed by atoms with van der Waals surface area (Å²) in [4.78, 5) is 4.38. The van der Waals surface area contributed by atoms with E-state index in [0.717, 1.165) is 37.5 Å². The number of hydrogen-bond donors (Lipinski definition) is 1. The summed E-state index contributed by atoms with van der Waals surface area (Å²) in [6.45, 7) is 8.53. The number of aryl methyl sites for hydroxylation is 1. The van der Waals surface area contributed by atoms with Gasteiger partial charge in [-0.25, -0.2) is 9.67 Å². The highest BCUT2D eigenvalue weighted by atomic mass is 32.1. The monoisotopic (exact) mass is 278 g/mol. The molecule has 1 N–H and O–H groups in total. The predicted octanol–water partition coefficient (Wildman–Crippen LogP) is 2.61. The number of nitrogens with one attached hydrogen (secondary N) is 1. The van der Waals surface area contributed by atoms with Crippen LogP contribution in [0.2, 0.25) is 0 Å². The zero-order valence-electron chi connectivity index (χ0n) is 11.9. The van der Waals surface area contributed by atoms with Gasteiger partial charge in [0.2, 0.25) is 5.13 Å². The molecule has 2 aromatic heterocycles. The smallest absolute Gasteiger partial charge is 0.210 e. The average Bonchev–Trinajstić information content (AvgIpc) is 3.05. The predicted molar refractivity (Wildman–Crippen MR) is 80.2 cm³/mol. The van der Waals surface area contributed by atoms with Gasteiger partial charge in [-0.3, -0.25) is 0 Å². The Bertz CT molecular complexity index is 502. The van der Waals surface area contributed by atoms with E-state index in [-0.39, 0.29) is 0 Å². The van der Waals surface area contributed by atoms with E-state index in [1.165, 1.54) is 17.0 Å². The first-order valence-electron chi connectivity index (χ1n) is 7.01. The van der Waals surface area contributed by atoms with Crippen LogP contribution >= 0.6 is 11.3 Å². The van der Waals surface area contributed by atoms with Crippen molar-refractivity contribution in [1.29, 1.82) is 0 Å². The molecule has 0 unspecified atom stereocenters. The molecule has 2 heterocycles. The van der Waals surface area contributed by atoms with Crippen LogP contribution in [0.1, 0.15) is 37.7 Å². The molecule has 5 heteroatoms. The molecule has 0 aromatic carbocycles. The highest BCUT2D eigenvalue weighted by molar-refractivity contribution is 7.12. The number of aromatic nitrogens is 3. The van der Waals surface area contributed by atoms with Crippen molar-refractivity contribution in [3.05, 3.63) is 28.5 Å². The van der Waals surface area contributed by atoms with E-state index in [4.69, 9.17) is 5.10 Å². The van der Waals surface area contributed by atoms with Crippen molar-refractivity contribution in [2.24, 2.45) is 0 Å². The minimum Gasteiger partial charge on any atom is -0.317 e. The van der Waals surface area contributed by atoms with E-state index in [2.05, 4.69) is 31.1 Å². The van der Waals surface area contributed by atoms with Gasteiger partial charge in [-0.2, -0.15) is 5.10 Å². The van der Waals surface area contributed by atoms with Crippen LogP contribution in [0.15, 0.2) is 11.6 Å². The Morgan fingerprint density at radius 2 is 2.11 bits per heavy atom. The maximum atomic E-state index is 4.76. The summed E-state index contributed by atoms with van der Waals surface area (Å²) in [5.41, 5.74) is 3.93. The average molecular weight is 278 g/mol. The maximum absolute atomic E-state index is 4.76. The van der Waals surface area contributed by atoms with Crippen molar-refractivity contribution < 1.29 is 0 Å². The zero-order valence-corrected chi connectivity index (χ0v) is 12.8. The van der Waals surface area contributed by atoms with Gasteiger partial charge in [0, 0.05) is 11.6 Å². The van der Waals surface area contributed by atoms with Crippen molar-refractivity contribution in [3.63, 3.8) is 0 Å². The summed E-state index contributed by atoms with van der Waals surface area (Å²) in [6, 6.07) is 0. The number of thiazole rings is 1. The molecule has 0 aliphatic heterocycles. The first-order valence-corrected chi connectivity index (χ1v) is 7.89. The second kappa shape index (κ2) is 6.82. The van der Waals surface area contributed by atoms with Crippen LogP contribution in [0.4, 0.5) is 0 Å². The molecule has 0 aliphatic carbocycles. The van der Waals surface area contributed by atoms with E-state index in [1.807, 2.05) is 16.3 Å². The van der Waals surface area contributed by atoms with Crippen LogP contribution in [0.3, 0.4) is 0 Å². The number of rotatable bonds is 7. The standard InChI is InChI=1S/C14H22N4S/c1-4-12-11(7-8-15-6-3)13(5-2)18(17-12)14-16-9-10-19-14/h9-10,15H,4-8H2,1-3H3. The molecule has 19 heavy (non-hydrogen) atoms. The summed E-state index contributed by atoms with van der Waals surface area (Å²) in [7, 11) is 0. The second-order valence-electron chi connectivity index (χ2n) is 4.41. The molecule has 0 spiro atoms. The van der Waals surface area contributed by atoms with Gasteiger partial charge in [0.1, 0.15) is 0 Å². The van der Waals surface area contributed by atoms with Crippen molar-refractivity contribution in [2.75, 3.05) is 13.1 Å². The van der Waals surface area contributed by atoms with Gasteiger partial charge in [-0.05, 0) is 37.9 Å². The second-order valence-corrected chi connectivity index (χ2v) is 5.28. The number of hydrogen-bond acceptors (Lipinski definition) is 4. The molecule has 2 aromatic rings. The Labute approximate surface area is 118 Å². The lowest BCUT2D eigenvalue weighted by atomic mass is 10.1. The normalized spacial score (nSPS) is 11.1. The molecule has 0 aliphatic rings. The molecule has 0 saturated carbocycles. The van der Waals surface area contributed by atoms with Gasteiger partial charge < -0.3 is 5.32 Å². The van der Waals surface area contributed by atoms with Crippen molar-refractivity contribution in [3.8, 4) is 5.13 Å². The van der Waals surface area contributed by atoms with Gasteiger partial charge >= 0.3 is 0 Å². The van der Waals surface area contributed by atoms with Crippen molar-refractivity contribution >= 4 is 11.3 Å². The molecule has 104 valence electrons. The van der Waals surface area contributed by atoms with Gasteiger partial charge in [0.25, 0.3) is 0 Å². The van der Waals surface area contributed by atoms with Crippen molar-refractivity contribution in [1.82, 2.24) is 20.1 Å². The SMILES string of the molecule is CCNCCc1c(CC)nn(-c2nccs2)c1CC. The molecular formula is C14H22N4S. The fourth-order valence-corrected chi connectivity index (χ4v) is 2.96. The molecule has 0 saturated heterocycles. The third-order valence-electron chi connectivity index (χ3n) is 3.25. The number of nitrogens with zero attached hydrogens (tertiary/aromatic N) is 3. The van der Waals surface area contributed by atoms with Crippen LogP contribution in [-0.4, -0.2) is 27.9 Å². The quantitative estimate of drug-likeness (QED) is 0.792. The lowest BCUT2D eigenvalue weighted by molar-refractivity contribution is 0.709. The summed E-state index contributed by atoms with van der Waals surface area (Å²) >= 11 is 1.64. The van der Waals surface area contributed by atoms with Crippen molar-refractivity contribution in [2.45, 2.75) is 40.0 Å². The minimum atomic E-state index is 0.973. The lowest BCUT2D eigenvalue weighted by Crippen LogP contribution is -2.17. The first-order chi connectivity index (χ1) is 9.31. The molecule has 0 bridgehead atoms. The molecule has 0 amide bonds. The summed E-state index contributed by atoms with van der Waals surface area (Å²) < 4.78 is 2.03. The van der Waals surface area contributed by atoms with Crippen LogP contribution in [0.5, 0.6) is 0 Å². The molecule has 2 rings (SSSR count). The third-order valence-corrected chi connectivity index (χ3v) is 3.99. The Balaban J connectivity index is 2.35. The fraction of sp³-hybridized carbons (Fsp3) is 0.571. The largest absolute Gasteiger partial charge is 0.317 e. The van der Waals surface area contributed by atoms with Crippen LogP contribution in [-0.2, 0) is 19.3 Å². The van der Waals surface area contributed by atoms with Gasteiger partial charge in [0.15, 0.2) is 0 Å². The summed E-state index contributed by atoms with van der Waals surface area (Å²) in [5.74, 6) is 0. The first kappa shape index (κ1) is 14.2. The van der Waals surface area contributed by atoms with Gasteiger partial charge in [-0.15, -0.1) is 11.3 Å². The fourth-order valence-electron chi connectivity index (χ4n) is 2.34. The topological polar surface area (TPSA) is 42.7 Å². The van der Waals surface area contributed by atoms with E-state index in [9.17, 15) is 0 Å². The van der Waals surface area contributed by atoms with Crippen LogP contribution in [0, 0.1) is 0 Å².